The Morgan fingerprint density at radius 3 is 2.53 bits per heavy atom. The molecule has 0 atom stereocenters. The minimum atomic E-state index is -4.30. The van der Waals surface area contributed by atoms with E-state index in [4.69, 9.17) is 4.74 Å². The van der Waals surface area contributed by atoms with Crippen LogP contribution in [0.5, 0.6) is 5.75 Å². The van der Waals surface area contributed by atoms with Crippen molar-refractivity contribution in [2.75, 3.05) is 19.9 Å². The third kappa shape index (κ3) is 6.85. The van der Waals surface area contributed by atoms with Crippen LogP contribution in [0.3, 0.4) is 0 Å². The Hall–Kier alpha value is -3.11. The molecule has 1 fully saturated rings. The predicted molar refractivity (Wildman–Crippen MR) is 133 cm³/mol. The van der Waals surface area contributed by atoms with Gasteiger partial charge >= 0.3 is 6.18 Å². The molecule has 0 saturated heterocycles. The summed E-state index contributed by atoms with van der Waals surface area (Å²) in [6.07, 6.45) is -3.41. The number of rotatable bonds is 9. The predicted octanol–water partition coefficient (Wildman–Crippen LogP) is 3.39. The highest BCUT2D eigenvalue weighted by Gasteiger charge is 2.37. The third-order valence-corrected chi connectivity index (χ3v) is 8.53. The van der Waals surface area contributed by atoms with Crippen LogP contribution in [0.15, 0.2) is 18.2 Å². The first-order valence-corrected chi connectivity index (χ1v) is 14.1. The molecule has 1 heterocycles. The molecule has 9 nitrogen and oxygen atoms in total. The molecule has 2 N–H and O–H groups in total. The van der Waals surface area contributed by atoms with Crippen LogP contribution < -0.4 is 10.1 Å². The first kappa shape index (κ1) is 29.4. The van der Waals surface area contributed by atoms with Crippen molar-refractivity contribution in [2.24, 2.45) is 0 Å². The number of ether oxygens (including phenoxy) is 1. The number of nitriles is 1. The van der Waals surface area contributed by atoms with E-state index in [9.17, 15) is 36.8 Å². The van der Waals surface area contributed by atoms with Crippen molar-refractivity contribution in [3.63, 3.8) is 0 Å². The van der Waals surface area contributed by atoms with E-state index >= 15 is 0 Å². The van der Waals surface area contributed by atoms with E-state index in [0.29, 0.717) is 11.1 Å². The number of methoxy groups -OCH3 is 1. The molecule has 0 radical (unpaired) electrons. The van der Waals surface area contributed by atoms with E-state index < -0.39 is 39.2 Å². The molecule has 1 aromatic carbocycles. The Balaban J connectivity index is 1.85. The first-order valence-electron chi connectivity index (χ1n) is 12.2. The smallest absolute Gasteiger partial charge is 0.389 e. The largest absolute Gasteiger partial charge is 0.496 e. The number of aryl methyl sites for hydroxylation is 2. The fourth-order valence-corrected chi connectivity index (χ4v) is 5.76. The molecule has 0 spiro atoms. The lowest BCUT2D eigenvalue weighted by atomic mass is 9.84. The van der Waals surface area contributed by atoms with Crippen molar-refractivity contribution < 1.29 is 36.2 Å². The number of amides is 1. The van der Waals surface area contributed by atoms with Crippen LogP contribution in [-0.4, -0.2) is 66.1 Å². The molecule has 3 rings (SSSR count). The fraction of sp³-hybridized carbons (Fsp3) is 0.560. The SMILES string of the molecule is CCn1nc(C(=O)NC[C@]2(O)CC[C@@H](S(C)(=O)=O)CC2)c(C#N)c1-c1ccc(CCC(F)(F)F)cc1OC. The van der Waals surface area contributed by atoms with Gasteiger partial charge in [-0.05, 0) is 56.7 Å². The van der Waals surface area contributed by atoms with Gasteiger partial charge < -0.3 is 15.2 Å². The minimum absolute atomic E-state index is 0.0431. The summed E-state index contributed by atoms with van der Waals surface area (Å²) < 4.78 is 68.4. The van der Waals surface area contributed by atoms with Crippen molar-refractivity contribution in [1.29, 1.82) is 5.26 Å². The van der Waals surface area contributed by atoms with Crippen molar-refractivity contribution in [3.8, 4) is 23.1 Å². The lowest BCUT2D eigenvalue weighted by Crippen LogP contribution is -2.47. The van der Waals surface area contributed by atoms with Crippen LogP contribution in [0.2, 0.25) is 0 Å². The average Bonchev–Trinajstić information content (AvgIpc) is 3.23. The average molecular weight is 557 g/mol. The molecule has 1 aliphatic carbocycles. The molecule has 1 amide bonds. The van der Waals surface area contributed by atoms with Gasteiger partial charge in [-0.1, -0.05) is 6.07 Å². The maximum absolute atomic E-state index is 13.1. The highest BCUT2D eigenvalue weighted by Crippen LogP contribution is 2.36. The van der Waals surface area contributed by atoms with E-state index in [2.05, 4.69) is 10.4 Å². The number of aromatic nitrogens is 2. The maximum atomic E-state index is 13.1. The number of carbonyl (C=O) groups excluding carboxylic acids is 1. The van der Waals surface area contributed by atoms with Gasteiger partial charge in [-0.25, -0.2) is 8.42 Å². The van der Waals surface area contributed by atoms with Gasteiger partial charge in [0.05, 0.1) is 23.7 Å². The number of nitrogens with zero attached hydrogens (tertiary/aromatic N) is 3. The molecule has 0 aliphatic heterocycles. The normalized spacial score (nSPS) is 20.1. The summed E-state index contributed by atoms with van der Waals surface area (Å²) in [5.74, 6) is -0.450. The van der Waals surface area contributed by atoms with E-state index in [1.54, 1.807) is 13.0 Å². The number of halogens is 3. The number of hydrogen-bond acceptors (Lipinski definition) is 7. The van der Waals surface area contributed by atoms with Gasteiger partial charge in [0.2, 0.25) is 0 Å². The monoisotopic (exact) mass is 556 g/mol. The van der Waals surface area contributed by atoms with Gasteiger partial charge in [0.25, 0.3) is 5.91 Å². The summed E-state index contributed by atoms with van der Waals surface area (Å²) in [6, 6.07) is 6.53. The summed E-state index contributed by atoms with van der Waals surface area (Å²) in [5, 5.41) is 27.2. The second-order valence-corrected chi connectivity index (χ2v) is 11.9. The Morgan fingerprint density at radius 2 is 2.00 bits per heavy atom. The van der Waals surface area contributed by atoms with E-state index in [1.165, 1.54) is 30.2 Å². The minimum Gasteiger partial charge on any atom is -0.496 e. The first-order chi connectivity index (χ1) is 17.7. The zero-order valence-electron chi connectivity index (χ0n) is 21.4. The van der Waals surface area contributed by atoms with Gasteiger partial charge in [0.15, 0.2) is 5.69 Å². The molecule has 1 aromatic heterocycles. The van der Waals surface area contributed by atoms with Gasteiger partial charge in [0.1, 0.15) is 27.2 Å². The van der Waals surface area contributed by atoms with Crippen LogP contribution in [0.1, 0.15) is 60.6 Å². The quantitative estimate of drug-likeness (QED) is 0.484. The molecule has 2 aromatic rings. The van der Waals surface area contributed by atoms with Crippen molar-refractivity contribution in [1.82, 2.24) is 15.1 Å². The number of carbonyl (C=O) groups is 1. The zero-order chi connectivity index (χ0) is 28.3. The Morgan fingerprint density at radius 1 is 1.34 bits per heavy atom. The molecule has 0 bridgehead atoms. The van der Waals surface area contributed by atoms with E-state index in [1.807, 2.05) is 6.07 Å². The van der Waals surface area contributed by atoms with Crippen LogP contribution >= 0.6 is 0 Å². The molecular weight excluding hydrogens is 525 g/mol. The highest BCUT2D eigenvalue weighted by molar-refractivity contribution is 7.91. The lowest BCUT2D eigenvalue weighted by Gasteiger charge is -2.35. The summed E-state index contributed by atoms with van der Waals surface area (Å²) in [6.45, 7) is 1.90. The standard InChI is InChI=1S/C25H31F3N4O5S/c1-4-32-22(18-6-5-16(13-20(18)37-2)7-12-25(26,27)28)19(14-29)21(31-32)23(33)30-15-24(34)10-8-17(9-11-24)38(3,35)36/h5-6,13,17,34H,4,7-12,15H2,1-3H3,(H,30,33)/t17-,24+. The summed E-state index contributed by atoms with van der Waals surface area (Å²) in [4.78, 5) is 13.1. The number of alkyl halides is 3. The van der Waals surface area contributed by atoms with Crippen molar-refractivity contribution in [2.45, 2.75) is 69.0 Å². The van der Waals surface area contributed by atoms with Gasteiger partial charge in [0, 0.05) is 31.3 Å². The molecule has 38 heavy (non-hydrogen) atoms. The number of aliphatic hydroxyl groups is 1. The van der Waals surface area contributed by atoms with Gasteiger partial charge in [-0.2, -0.15) is 23.5 Å². The molecule has 1 aliphatic rings. The Kier molecular flexibility index (Phi) is 8.78. The van der Waals surface area contributed by atoms with Gasteiger partial charge in [-0.15, -0.1) is 0 Å². The second-order valence-electron chi connectivity index (χ2n) is 9.59. The second kappa shape index (κ2) is 11.3. The van der Waals surface area contributed by atoms with Crippen LogP contribution in [0.25, 0.3) is 11.3 Å². The molecular formula is C25H31F3N4O5S. The third-order valence-electron chi connectivity index (χ3n) is 6.84. The van der Waals surface area contributed by atoms with Crippen molar-refractivity contribution in [3.05, 3.63) is 35.0 Å². The number of benzene rings is 1. The highest BCUT2D eigenvalue weighted by atomic mass is 32.2. The van der Waals surface area contributed by atoms with E-state index in [0.717, 1.165) is 0 Å². The number of nitrogens with one attached hydrogen (secondary N) is 1. The number of hydrogen-bond donors (Lipinski definition) is 2. The molecule has 0 unspecified atom stereocenters. The molecule has 208 valence electrons. The topological polar surface area (TPSA) is 134 Å². The summed E-state index contributed by atoms with van der Waals surface area (Å²) in [7, 11) is -1.86. The van der Waals surface area contributed by atoms with Gasteiger partial charge in [-0.3, -0.25) is 9.48 Å². The number of sulfone groups is 1. The summed E-state index contributed by atoms with van der Waals surface area (Å²) in [5.41, 5.74) is -0.409. The Labute approximate surface area is 219 Å². The molecule has 1 saturated carbocycles. The van der Waals surface area contributed by atoms with Crippen LogP contribution in [0.4, 0.5) is 13.2 Å². The maximum Gasteiger partial charge on any atom is 0.389 e. The lowest BCUT2D eigenvalue weighted by molar-refractivity contribution is -0.134. The van der Waals surface area contributed by atoms with E-state index in [-0.39, 0.29) is 67.9 Å². The van der Waals surface area contributed by atoms with Crippen LogP contribution in [0, 0.1) is 11.3 Å². The Bertz CT molecular complexity index is 1320. The zero-order valence-corrected chi connectivity index (χ0v) is 22.2. The fourth-order valence-electron chi connectivity index (χ4n) is 4.66. The summed E-state index contributed by atoms with van der Waals surface area (Å²) >= 11 is 0. The van der Waals surface area contributed by atoms with Crippen LogP contribution in [-0.2, 0) is 22.8 Å². The molecule has 13 heteroatoms. The van der Waals surface area contributed by atoms with Crippen molar-refractivity contribution >= 4 is 15.7 Å².